The molecule has 0 unspecified atom stereocenters. The molecule has 0 bridgehead atoms. The van der Waals surface area contributed by atoms with Gasteiger partial charge in [-0.1, -0.05) is 57.2 Å². The molecule has 2 aromatic rings. The Morgan fingerprint density at radius 3 is 2.25 bits per heavy atom. The predicted molar refractivity (Wildman–Crippen MR) is 83.6 cm³/mol. The van der Waals surface area contributed by atoms with Gasteiger partial charge in [0.25, 0.3) is 0 Å². The van der Waals surface area contributed by atoms with E-state index in [9.17, 15) is 0 Å². The monoisotopic (exact) mass is 264 g/mol. The van der Waals surface area contributed by atoms with E-state index < -0.39 is 0 Å². The van der Waals surface area contributed by atoms with E-state index in [0.717, 1.165) is 12.2 Å². The lowest BCUT2D eigenvalue weighted by Crippen LogP contribution is -2.11. The van der Waals surface area contributed by atoms with Gasteiger partial charge in [-0.2, -0.15) is 5.26 Å². The SMILES string of the molecule is CC(C)(C)c1ccc(CNc2ccccc2C#N)cc1. The number of nitrogens with zero attached hydrogens (tertiary/aromatic N) is 1. The normalized spacial score (nSPS) is 10.9. The Bertz CT molecular complexity index is 613. The van der Waals surface area contributed by atoms with Crippen molar-refractivity contribution in [2.24, 2.45) is 0 Å². The topological polar surface area (TPSA) is 35.8 Å². The first kappa shape index (κ1) is 14.1. The average molecular weight is 264 g/mol. The number of nitrogens with one attached hydrogen (secondary N) is 1. The lowest BCUT2D eigenvalue weighted by molar-refractivity contribution is 0.590. The second-order valence-corrected chi connectivity index (χ2v) is 5.96. The number of benzene rings is 2. The van der Waals surface area contributed by atoms with Gasteiger partial charge in [0.2, 0.25) is 0 Å². The van der Waals surface area contributed by atoms with Gasteiger partial charge in [-0.3, -0.25) is 0 Å². The third-order valence-corrected chi connectivity index (χ3v) is 3.35. The van der Waals surface area contributed by atoms with Crippen LogP contribution in [-0.4, -0.2) is 0 Å². The first-order chi connectivity index (χ1) is 9.50. The Labute approximate surface area is 121 Å². The van der Waals surface area contributed by atoms with Gasteiger partial charge in [-0.15, -0.1) is 0 Å². The van der Waals surface area contributed by atoms with Crippen molar-refractivity contribution < 1.29 is 0 Å². The van der Waals surface area contributed by atoms with Gasteiger partial charge in [0.05, 0.1) is 11.3 Å². The number of rotatable bonds is 3. The summed E-state index contributed by atoms with van der Waals surface area (Å²) in [4.78, 5) is 0. The summed E-state index contributed by atoms with van der Waals surface area (Å²) in [5, 5.41) is 12.4. The van der Waals surface area contributed by atoms with Gasteiger partial charge in [0.1, 0.15) is 6.07 Å². The molecular weight excluding hydrogens is 244 g/mol. The van der Waals surface area contributed by atoms with Gasteiger partial charge in [0.15, 0.2) is 0 Å². The highest BCUT2D eigenvalue weighted by Gasteiger charge is 2.12. The van der Waals surface area contributed by atoms with E-state index in [0.29, 0.717) is 5.56 Å². The zero-order valence-corrected chi connectivity index (χ0v) is 12.3. The van der Waals surface area contributed by atoms with Crippen LogP contribution in [0.25, 0.3) is 0 Å². The van der Waals surface area contributed by atoms with E-state index in [1.54, 1.807) is 0 Å². The average Bonchev–Trinajstić information content (AvgIpc) is 2.45. The summed E-state index contributed by atoms with van der Waals surface area (Å²) in [5.74, 6) is 0. The van der Waals surface area contributed by atoms with Crippen LogP contribution in [-0.2, 0) is 12.0 Å². The number of hydrogen-bond acceptors (Lipinski definition) is 2. The zero-order valence-electron chi connectivity index (χ0n) is 12.3. The minimum atomic E-state index is 0.180. The van der Waals surface area contributed by atoms with Crippen LogP contribution < -0.4 is 5.32 Å². The van der Waals surface area contributed by atoms with E-state index >= 15 is 0 Å². The summed E-state index contributed by atoms with van der Waals surface area (Å²) < 4.78 is 0. The standard InChI is InChI=1S/C18H20N2/c1-18(2,3)16-10-8-14(9-11-16)13-20-17-7-5-4-6-15(17)12-19/h4-11,20H,13H2,1-3H3. The van der Waals surface area contributed by atoms with Gasteiger partial charge in [-0.05, 0) is 28.7 Å². The van der Waals surface area contributed by atoms with Gasteiger partial charge >= 0.3 is 0 Å². The maximum Gasteiger partial charge on any atom is 0.101 e. The van der Waals surface area contributed by atoms with Crippen molar-refractivity contribution in [3.05, 3.63) is 65.2 Å². The molecule has 0 aliphatic heterocycles. The zero-order chi connectivity index (χ0) is 14.6. The van der Waals surface area contributed by atoms with Crippen molar-refractivity contribution in [3.8, 4) is 6.07 Å². The van der Waals surface area contributed by atoms with E-state index in [4.69, 9.17) is 5.26 Å². The molecule has 0 aliphatic rings. The Kier molecular flexibility index (Phi) is 4.10. The van der Waals surface area contributed by atoms with Crippen LogP contribution in [0.5, 0.6) is 0 Å². The van der Waals surface area contributed by atoms with Crippen molar-refractivity contribution in [2.45, 2.75) is 32.7 Å². The van der Waals surface area contributed by atoms with Gasteiger partial charge in [-0.25, -0.2) is 0 Å². The molecule has 0 spiro atoms. The fourth-order valence-electron chi connectivity index (χ4n) is 2.05. The number of anilines is 1. The fourth-order valence-corrected chi connectivity index (χ4v) is 2.05. The summed E-state index contributed by atoms with van der Waals surface area (Å²) in [7, 11) is 0. The molecule has 20 heavy (non-hydrogen) atoms. The maximum absolute atomic E-state index is 9.05. The van der Waals surface area contributed by atoms with E-state index in [1.165, 1.54) is 11.1 Å². The highest BCUT2D eigenvalue weighted by atomic mass is 14.9. The van der Waals surface area contributed by atoms with Crippen LogP contribution in [0.2, 0.25) is 0 Å². The third kappa shape index (κ3) is 3.39. The quantitative estimate of drug-likeness (QED) is 0.888. The lowest BCUT2D eigenvalue weighted by Gasteiger charge is -2.19. The molecule has 102 valence electrons. The number of nitriles is 1. The van der Waals surface area contributed by atoms with Crippen LogP contribution >= 0.6 is 0 Å². The first-order valence-electron chi connectivity index (χ1n) is 6.83. The molecule has 0 aliphatic carbocycles. The highest BCUT2D eigenvalue weighted by molar-refractivity contribution is 5.57. The Morgan fingerprint density at radius 2 is 1.65 bits per heavy atom. The summed E-state index contributed by atoms with van der Waals surface area (Å²) in [6.07, 6.45) is 0. The molecule has 0 radical (unpaired) electrons. The molecule has 1 N–H and O–H groups in total. The highest BCUT2D eigenvalue weighted by Crippen LogP contribution is 2.22. The van der Waals surface area contributed by atoms with Crippen LogP contribution in [0.15, 0.2) is 48.5 Å². The molecule has 0 aromatic heterocycles. The number of hydrogen-bond donors (Lipinski definition) is 1. The minimum Gasteiger partial charge on any atom is -0.380 e. The molecule has 2 nitrogen and oxygen atoms in total. The van der Waals surface area contributed by atoms with Crippen molar-refractivity contribution in [1.82, 2.24) is 0 Å². The molecule has 0 amide bonds. The predicted octanol–water partition coefficient (Wildman–Crippen LogP) is 4.47. The largest absolute Gasteiger partial charge is 0.380 e. The Balaban J connectivity index is 2.07. The molecule has 0 saturated carbocycles. The van der Waals surface area contributed by atoms with Gasteiger partial charge < -0.3 is 5.32 Å². The van der Waals surface area contributed by atoms with E-state index in [-0.39, 0.29) is 5.41 Å². The van der Waals surface area contributed by atoms with Crippen molar-refractivity contribution in [1.29, 1.82) is 5.26 Å². The van der Waals surface area contributed by atoms with Crippen LogP contribution in [0, 0.1) is 11.3 Å². The molecule has 0 fully saturated rings. The van der Waals surface area contributed by atoms with E-state index in [1.807, 2.05) is 24.3 Å². The van der Waals surface area contributed by atoms with Crippen molar-refractivity contribution in [2.75, 3.05) is 5.32 Å². The van der Waals surface area contributed by atoms with Crippen LogP contribution in [0.3, 0.4) is 0 Å². The minimum absolute atomic E-state index is 0.180. The molecular formula is C18H20N2. The first-order valence-corrected chi connectivity index (χ1v) is 6.83. The Hall–Kier alpha value is -2.27. The fraction of sp³-hybridized carbons (Fsp3) is 0.278. The molecule has 2 heteroatoms. The molecule has 2 rings (SSSR count). The summed E-state index contributed by atoms with van der Waals surface area (Å²) in [5.41, 5.74) is 4.29. The third-order valence-electron chi connectivity index (χ3n) is 3.35. The smallest absolute Gasteiger partial charge is 0.101 e. The molecule has 0 atom stereocenters. The summed E-state index contributed by atoms with van der Waals surface area (Å²) in [6, 6.07) is 18.4. The second kappa shape index (κ2) is 5.79. The molecule has 0 saturated heterocycles. The number of para-hydroxylation sites is 1. The van der Waals surface area contributed by atoms with E-state index in [2.05, 4.69) is 56.4 Å². The Morgan fingerprint density at radius 1 is 1.00 bits per heavy atom. The van der Waals surface area contributed by atoms with Crippen LogP contribution in [0.4, 0.5) is 5.69 Å². The van der Waals surface area contributed by atoms with Crippen molar-refractivity contribution in [3.63, 3.8) is 0 Å². The summed E-state index contributed by atoms with van der Waals surface area (Å²) >= 11 is 0. The summed E-state index contributed by atoms with van der Waals surface area (Å²) in [6.45, 7) is 7.36. The lowest BCUT2D eigenvalue weighted by atomic mass is 9.87. The molecule has 0 heterocycles. The van der Waals surface area contributed by atoms with Gasteiger partial charge in [0, 0.05) is 6.54 Å². The van der Waals surface area contributed by atoms with Crippen molar-refractivity contribution >= 4 is 5.69 Å². The maximum atomic E-state index is 9.05. The second-order valence-electron chi connectivity index (χ2n) is 5.96. The van der Waals surface area contributed by atoms with Crippen LogP contribution in [0.1, 0.15) is 37.5 Å². The molecule has 2 aromatic carbocycles.